The van der Waals surface area contributed by atoms with E-state index < -0.39 is 0 Å². The monoisotopic (exact) mass is 449 g/mol. The van der Waals surface area contributed by atoms with Gasteiger partial charge in [-0.2, -0.15) is 0 Å². The smallest absolute Gasteiger partial charge is 0.246 e. The van der Waals surface area contributed by atoms with Crippen molar-refractivity contribution < 1.29 is 4.79 Å². The van der Waals surface area contributed by atoms with Crippen molar-refractivity contribution in [2.45, 2.75) is 46.5 Å². The molecule has 3 aromatic heterocycles. The number of hydrogen-bond acceptors (Lipinski definition) is 8. The molecule has 3 aromatic rings. The number of aryl methyl sites for hydroxylation is 4. The van der Waals surface area contributed by atoms with Gasteiger partial charge in [-0.15, -0.1) is 11.3 Å². The molecule has 166 valence electrons. The van der Waals surface area contributed by atoms with Crippen LogP contribution in [0.1, 0.15) is 52.4 Å². The van der Waals surface area contributed by atoms with Crippen LogP contribution in [0.5, 0.6) is 0 Å². The van der Waals surface area contributed by atoms with Crippen LogP contribution in [0.2, 0.25) is 0 Å². The third-order valence-electron chi connectivity index (χ3n) is 5.26. The fraction of sp³-hybridized carbons (Fsp3) is 0.391. The van der Waals surface area contributed by atoms with E-state index in [1.54, 1.807) is 23.5 Å². The maximum absolute atomic E-state index is 12.7. The van der Waals surface area contributed by atoms with Gasteiger partial charge in [0.15, 0.2) is 0 Å². The molecule has 1 unspecified atom stereocenters. The lowest BCUT2D eigenvalue weighted by atomic mass is 9.94. The van der Waals surface area contributed by atoms with Crippen LogP contribution in [0, 0.1) is 27.7 Å². The highest BCUT2D eigenvalue weighted by molar-refractivity contribution is 7.09. The highest BCUT2D eigenvalue weighted by atomic mass is 32.1. The zero-order valence-corrected chi connectivity index (χ0v) is 19.6. The van der Waals surface area contributed by atoms with Gasteiger partial charge in [0.05, 0.1) is 16.4 Å². The molecule has 9 heteroatoms. The molecule has 0 aliphatic carbocycles. The first kappa shape index (κ1) is 22.0. The van der Waals surface area contributed by atoms with Crippen molar-refractivity contribution in [3.63, 3.8) is 0 Å². The Balaban J connectivity index is 1.48. The molecule has 0 radical (unpaired) electrons. The van der Waals surface area contributed by atoms with Crippen LogP contribution in [-0.2, 0) is 4.79 Å². The van der Waals surface area contributed by atoms with Gasteiger partial charge in [0.2, 0.25) is 11.9 Å². The lowest BCUT2D eigenvalue weighted by Gasteiger charge is -2.32. The Bertz CT molecular complexity index is 1140. The largest absolute Gasteiger partial charge is 0.338 e. The average Bonchev–Trinajstić information content (AvgIpc) is 3.16. The van der Waals surface area contributed by atoms with E-state index in [0.717, 1.165) is 47.2 Å². The molecule has 1 N–H and O–H groups in total. The van der Waals surface area contributed by atoms with Crippen molar-refractivity contribution in [1.82, 2.24) is 29.8 Å². The number of hydrogen-bond donors (Lipinski definition) is 1. The Morgan fingerprint density at radius 1 is 1.09 bits per heavy atom. The van der Waals surface area contributed by atoms with Crippen LogP contribution < -0.4 is 5.32 Å². The SMILES string of the molecule is Cc1cc(C)nc(Nc2cc(C3CCCN(C(=O)/C=C/c4csc(C)n4)C3)nc(C)n2)n1. The molecule has 1 aliphatic heterocycles. The van der Waals surface area contributed by atoms with E-state index in [1.807, 2.05) is 50.1 Å². The molecule has 0 saturated carbocycles. The van der Waals surface area contributed by atoms with E-state index in [1.165, 1.54) is 0 Å². The van der Waals surface area contributed by atoms with E-state index in [4.69, 9.17) is 0 Å². The summed E-state index contributed by atoms with van der Waals surface area (Å²) in [6, 6.07) is 3.88. The Morgan fingerprint density at radius 3 is 2.59 bits per heavy atom. The fourth-order valence-corrected chi connectivity index (χ4v) is 4.48. The van der Waals surface area contributed by atoms with Crippen LogP contribution in [0.4, 0.5) is 11.8 Å². The molecule has 1 fully saturated rings. The number of thiazole rings is 1. The van der Waals surface area contributed by atoms with Crippen molar-refractivity contribution in [2.24, 2.45) is 0 Å². The minimum atomic E-state index is 0.00751. The summed E-state index contributed by atoms with van der Waals surface area (Å²) in [7, 11) is 0. The van der Waals surface area contributed by atoms with E-state index in [0.29, 0.717) is 24.1 Å². The molecule has 1 amide bonds. The second-order valence-corrected chi connectivity index (χ2v) is 9.13. The van der Waals surface area contributed by atoms with Gasteiger partial charge in [0.25, 0.3) is 0 Å². The van der Waals surface area contributed by atoms with Crippen molar-refractivity contribution in [3.05, 3.63) is 57.2 Å². The Kier molecular flexibility index (Phi) is 6.55. The molecule has 0 bridgehead atoms. The van der Waals surface area contributed by atoms with Gasteiger partial charge < -0.3 is 10.2 Å². The summed E-state index contributed by atoms with van der Waals surface area (Å²) in [5.74, 6) is 2.03. The van der Waals surface area contributed by atoms with Crippen LogP contribution in [0.3, 0.4) is 0 Å². The third-order valence-corrected chi connectivity index (χ3v) is 6.06. The summed E-state index contributed by atoms with van der Waals surface area (Å²) >= 11 is 1.58. The maximum Gasteiger partial charge on any atom is 0.246 e. The minimum absolute atomic E-state index is 0.00751. The van der Waals surface area contributed by atoms with E-state index >= 15 is 0 Å². The first-order valence-electron chi connectivity index (χ1n) is 10.7. The lowest BCUT2D eigenvalue weighted by molar-refractivity contribution is -0.127. The van der Waals surface area contributed by atoms with Crippen molar-refractivity contribution in [2.75, 3.05) is 18.4 Å². The number of likely N-dealkylation sites (tertiary alicyclic amines) is 1. The van der Waals surface area contributed by atoms with Crippen LogP contribution >= 0.6 is 11.3 Å². The maximum atomic E-state index is 12.7. The van der Waals surface area contributed by atoms with Crippen LogP contribution in [0.25, 0.3) is 6.08 Å². The van der Waals surface area contributed by atoms with Gasteiger partial charge >= 0.3 is 0 Å². The first-order chi connectivity index (χ1) is 15.4. The Labute approximate surface area is 191 Å². The summed E-state index contributed by atoms with van der Waals surface area (Å²) < 4.78 is 0. The standard InChI is InChI=1S/C23H27N7OS/c1-14-10-15(2)25-23(24-14)29-21-11-20(26-16(3)27-21)18-6-5-9-30(12-18)22(31)8-7-19-13-32-17(4)28-19/h7-8,10-11,13,18H,5-6,9,12H2,1-4H3,(H,24,25,26,27,29)/b8-7+. The summed E-state index contributed by atoms with van der Waals surface area (Å²) in [4.78, 5) is 37.1. The highest BCUT2D eigenvalue weighted by Crippen LogP contribution is 2.28. The number of anilines is 2. The normalized spacial score (nSPS) is 16.5. The van der Waals surface area contributed by atoms with Crippen molar-refractivity contribution in [1.29, 1.82) is 0 Å². The second kappa shape index (κ2) is 9.52. The highest BCUT2D eigenvalue weighted by Gasteiger charge is 2.25. The number of piperidine rings is 1. The number of nitrogens with one attached hydrogen (secondary N) is 1. The van der Waals surface area contributed by atoms with E-state index in [-0.39, 0.29) is 11.8 Å². The molecule has 0 aromatic carbocycles. The summed E-state index contributed by atoms with van der Waals surface area (Å²) in [5, 5.41) is 6.15. The molecule has 1 aliphatic rings. The minimum Gasteiger partial charge on any atom is -0.338 e. The first-order valence-corrected chi connectivity index (χ1v) is 11.6. The van der Waals surface area contributed by atoms with Gasteiger partial charge in [0.1, 0.15) is 11.6 Å². The van der Waals surface area contributed by atoms with Crippen molar-refractivity contribution in [3.8, 4) is 0 Å². The number of carbonyl (C=O) groups excluding carboxylic acids is 1. The Hall–Kier alpha value is -3.20. The second-order valence-electron chi connectivity index (χ2n) is 8.07. The van der Waals surface area contributed by atoms with Gasteiger partial charge in [-0.25, -0.2) is 24.9 Å². The molecule has 4 rings (SSSR count). The molecular formula is C23H27N7OS. The number of amides is 1. The van der Waals surface area contributed by atoms with E-state index in [2.05, 4.69) is 30.2 Å². The molecule has 4 heterocycles. The van der Waals surface area contributed by atoms with Gasteiger partial charge in [-0.3, -0.25) is 4.79 Å². The number of nitrogens with zero attached hydrogens (tertiary/aromatic N) is 6. The molecule has 8 nitrogen and oxygen atoms in total. The fourth-order valence-electron chi connectivity index (χ4n) is 3.90. The molecular weight excluding hydrogens is 422 g/mol. The summed E-state index contributed by atoms with van der Waals surface area (Å²) in [6.45, 7) is 9.10. The topological polar surface area (TPSA) is 96.8 Å². The molecule has 1 saturated heterocycles. The number of rotatable bonds is 5. The quantitative estimate of drug-likeness (QED) is 0.585. The molecule has 0 spiro atoms. The van der Waals surface area contributed by atoms with Gasteiger partial charge in [-0.1, -0.05) is 0 Å². The summed E-state index contributed by atoms with van der Waals surface area (Å²) in [6.07, 6.45) is 5.32. The zero-order valence-electron chi connectivity index (χ0n) is 18.8. The van der Waals surface area contributed by atoms with Gasteiger partial charge in [0, 0.05) is 47.9 Å². The van der Waals surface area contributed by atoms with Gasteiger partial charge in [-0.05, 0) is 52.7 Å². The Morgan fingerprint density at radius 2 is 1.88 bits per heavy atom. The average molecular weight is 450 g/mol. The lowest BCUT2D eigenvalue weighted by Crippen LogP contribution is -2.38. The third kappa shape index (κ3) is 5.53. The number of aromatic nitrogens is 5. The number of carbonyl (C=O) groups is 1. The molecule has 32 heavy (non-hydrogen) atoms. The van der Waals surface area contributed by atoms with E-state index in [9.17, 15) is 4.79 Å². The van der Waals surface area contributed by atoms with Crippen LogP contribution in [0.15, 0.2) is 23.6 Å². The van der Waals surface area contributed by atoms with Crippen molar-refractivity contribution >= 4 is 35.1 Å². The van der Waals surface area contributed by atoms with Crippen LogP contribution in [-0.4, -0.2) is 48.8 Å². The predicted octanol–water partition coefficient (Wildman–Crippen LogP) is 4.12. The summed E-state index contributed by atoms with van der Waals surface area (Å²) in [5.41, 5.74) is 3.55. The predicted molar refractivity (Wildman–Crippen MR) is 126 cm³/mol. The zero-order chi connectivity index (χ0) is 22.7. The molecule has 1 atom stereocenters.